The van der Waals surface area contributed by atoms with E-state index in [9.17, 15) is 14.0 Å². The Morgan fingerprint density at radius 1 is 1.03 bits per heavy atom. The molecule has 1 aliphatic rings. The maximum Gasteiger partial charge on any atom is 0.260 e. The number of rotatable bonds is 6. The van der Waals surface area contributed by atoms with Crippen LogP contribution in [0.1, 0.15) is 18.1 Å². The highest BCUT2D eigenvalue weighted by molar-refractivity contribution is 5.95. The van der Waals surface area contributed by atoms with Crippen LogP contribution in [0.3, 0.4) is 0 Å². The first-order chi connectivity index (χ1) is 14.3. The Hall–Kier alpha value is -2.93. The smallest absolute Gasteiger partial charge is 0.260 e. The van der Waals surface area contributed by atoms with E-state index in [0.717, 1.165) is 16.8 Å². The fraction of sp³-hybridized carbons (Fsp3) is 0.391. The second kappa shape index (κ2) is 9.71. The molecule has 7 heteroatoms. The number of nitrogens with zero attached hydrogens (tertiary/aromatic N) is 2. The molecule has 1 fully saturated rings. The molecule has 0 bridgehead atoms. The Morgan fingerprint density at radius 3 is 2.23 bits per heavy atom. The molecule has 6 nitrogen and oxygen atoms in total. The lowest BCUT2D eigenvalue weighted by atomic mass is 10.1. The van der Waals surface area contributed by atoms with Gasteiger partial charge in [-0.05, 0) is 56.2 Å². The number of ether oxygens (including phenoxy) is 1. The number of piperazine rings is 1. The van der Waals surface area contributed by atoms with Crippen LogP contribution in [0, 0.1) is 19.7 Å². The van der Waals surface area contributed by atoms with Crippen LogP contribution < -0.4 is 10.1 Å². The van der Waals surface area contributed by atoms with Crippen molar-refractivity contribution >= 4 is 17.5 Å². The Bertz CT molecular complexity index is 873. The van der Waals surface area contributed by atoms with E-state index < -0.39 is 0 Å². The Morgan fingerprint density at radius 2 is 1.63 bits per heavy atom. The van der Waals surface area contributed by atoms with Crippen LogP contribution in [0.5, 0.6) is 5.75 Å². The van der Waals surface area contributed by atoms with Crippen molar-refractivity contribution in [2.24, 2.45) is 0 Å². The Labute approximate surface area is 176 Å². The maximum absolute atomic E-state index is 12.9. The fourth-order valence-electron chi connectivity index (χ4n) is 3.53. The zero-order valence-corrected chi connectivity index (χ0v) is 17.7. The molecule has 2 aromatic rings. The summed E-state index contributed by atoms with van der Waals surface area (Å²) < 4.78 is 18.4. The van der Waals surface area contributed by atoms with Gasteiger partial charge >= 0.3 is 0 Å². The van der Waals surface area contributed by atoms with Gasteiger partial charge in [0.1, 0.15) is 11.6 Å². The van der Waals surface area contributed by atoms with E-state index in [-0.39, 0.29) is 30.3 Å². The molecule has 1 aliphatic heterocycles. The number of hydrogen-bond acceptors (Lipinski definition) is 4. The summed E-state index contributed by atoms with van der Waals surface area (Å²) in [7, 11) is 0. The molecule has 1 heterocycles. The van der Waals surface area contributed by atoms with E-state index in [1.807, 2.05) is 39.0 Å². The van der Waals surface area contributed by atoms with Crippen LogP contribution in [-0.4, -0.2) is 60.4 Å². The standard InChI is InChI=1S/C23H28FN3O3/c1-16-5-4-6-17(2)22(16)25-23(29)18(3)26-11-13-27(14-12-26)21(28)15-30-20-9-7-19(24)8-10-20/h4-10,18H,11-15H2,1-3H3,(H,25,29). The Kier molecular flexibility index (Phi) is 7.05. The summed E-state index contributed by atoms with van der Waals surface area (Å²) >= 11 is 0. The van der Waals surface area contributed by atoms with Crippen LogP contribution in [0.2, 0.25) is 0 Å². The summed E-state index contributed by atoms with van der Waals surface area (Å²) in [6.45, 7) is 8.05. The van der Waals surface area contributed by atoms with Crippen molar-refractivity contribution < 1.29 is 18.7 Å². The lowest BCUT2D eigenvalue weighted by Gasteiger charge is -2.37. The van der Waals surface area contributed by atoms with Crippen molar-refractivity contribution in [3.8, 4) is 5.75 Å². The molecule has 30 heavy (non-hydrogen) atoms. The largest absolute Gasteiger partial charge is 0.484 e. The van der Waals surface area contributed by atoms with Crippen molar-refractivity contribution in [2.75, 3.05) is 38.1 Å². The predicted molar refractivity (Wildman–Crippen MR) is 114 cm³/mol. The molecular formula is C23H28FN3O3. The molecular weight excluding hydrogens is 385 g/mol. The summed E-state index contributed by atoms with van der Waals surface area (Å²) in [6.07, 6.45) is 0. The summed E-state index contributed by atoms with van der Waals surface area (Å²) in [5.41, 5.74) is 2.93. The SMILES string of the molecule is Cc1cccc(C)c1NC(=O)C(C)N1CCN(C(=O)COc2ccc(F)cc2)CC1. The van der Waals surface area contributed by atoms with Gasteiger partial charge in [0, 0.05) is 31.9 Å². The van der Waals surface area contributed by atoms with E-state index in [4.69, 9.17) is 4.74 Å². The second-order valence-electron chi connectivity index (χ2n) is 7.59. The molecule has 1 N–H and O–H groups in total. The zero-order valence-electron chi connectivity index (χ0n) is 17.7. The van der Waals surface area contributed by atoms with Crippen molar-refractivity contribution in [1.82, 2.24) is 9.80 Å². The number of halogens is 1. The molecule has 1 saturated heterocycles. The minimum Gasteiger partial charge on any atom is -0.484 e. The monoisotopic (exact) mass is 413 g/mol. The predicted octanol–water partition coefficient (Wildman–Crippen LogP) is 2.99. The van der Waals surface area contributed by atoms with Crippen molar-refractivity contribution in [3.05, 3.63) is 59.4 Å². The molecule has 2 aromatic carbocycles. The van der Waals surface area contributed by atoms with Gasteiger partial charge in [-0.1, -0.05) is 18.2 Å². The van der Waals surface area contributed by atoms with E-state index in [1.165, 1.54) is 24.3 Å². The Balaban J connectivity index is 1.47. The minimum absolute atomic E-state index is 0.0492. The van der Waals surface area contributed by atoms with Gasteiger partial charge in [0.25, 0.3) is 5.91 Å². The number of nitrogens with one attached hydrogen (secondary N) is 1. The quantitative estimate of drug-likeness (QED) is 0.791. The second-order valence-corrected chi connectivity index (χ2v) is 7.59. The van der Waals surface area contributed by atoms with Crippen LogP contribution in [0.15, 0.2) is 42.5 Å². The first-order valence-corrected chi connectivity index (χ1v) is 10.1. The number of hydrogen-bond donors (Lipinski definition) is 1. The highest BCUT2D eigenvalue weighted by atomic mass is 19.1. The lowest BCUT2D eigenvalue weighted by Crippen LogP contribution is -2.54. The third kappa shape index (κ3) is 5.36. The molecule has 0 saturated carbocycles. The fourth-order valence-corrected chi connectivity index (χ4v) is 3.53. The van der Waals surface area contributed by atoms with Gasteiger partial charge in [-0.3, -0.25) is 14.5 Å². The summed E-state index contributed by atoms with van der Waals surface area (Å²) in [5, 5.41) is 3.04. The third-order valence-corrected chi connectivity index (χ3v) is 5.50. The molecule has 1 unspecified atom stereocenters. The van der Waals surface area contributed by atoms with E-state index >= 15 is 0 Å². The molecule has 0 aliphatic carbocycles. The number of anilines is 1. The van der Waals surface area contributed by atoms with Crippen LogP contribution in [-0.2, 0) is 9.59 Å². The van der Waals surface area contributed by atoms with E-state index in [2.05, 4.69) is 10.2 Å². The topological polar surface area (TPSA) is 61.9 Å². The van der Waals surface area contributed by atoms with Gasteiger partial charge in [0.15, 0.2) is 6.61 Å². The minimum atomic E-state index is -0.347. The van der Waals surface area contributed by atoms with E-state index in [0.29, 0.717) is 31.9 Å². The van der Waals surface area contributed by atoms with Crippen LogP contribution in [0.4, 0.5) is 10.1 Å². The summed E-state index contributed by atoms with van der Waals surface area (Å²) in [4.78, 5) is 28.9. The maximum atomic E-state index is 12.9. The zero-order chi connectivity index (χ0) is 21.7. The number of benzene rings is 2. The van der Waals surface area contributed by atoms with Gasteiger partial charge in [0.2, 0.25) is 5.91 Å². The molecule has 1 atom stereocenters. The van der Waals surface area contributed by atoms with Gasteiger partial charge in [-0.25, -0.2) is 4.39 Å². The average Bonchev–Trinajstić information content (AvgIpc) is 2.75. The third-order valence-electron chi connectivity index (χ3n) is 5.50. The van der Waals surface area contributed by atoms with Gasteiger partial charge in [-0.2, -0.15) is 0 Å². The molecule has 3 rings (SSSR count). The van der Waals surface area contributed by atoms with Crippen LogP contribution >= 0.6 is 0 Å². The number of carbonyl (C=O) groups excluding carboxylic acids is 2. The average molecular weight is 413 g/mol. The summed E-state index contributed by atoms with van der Waals surface area (Å²) in [5.74, 6) is -0.0563. The van der Waals surface area contributed by atoms with Gasteiger partial charge in [-0.15, -0.1) is 0 Å². The highest BCUT2D eigenvalue weighted by Gasteiger charge is 2.28. The number of para-hydroxylation sites is 1. The van der Waals surface area contributed by atoms with E-state index in [1.54, 1.807) is 4.90 Å². The normalized spacial score (nSPS) is 15.5. The molecule has 0 radical (unpaired) electrons. The number of amides is 2. The number of aryl methyl sites for hydroxylation is 2. The number of carbonyl (C=O) groups is 2. The first-order valence-electron chi connectivity index (χ1n) is 10.1. The highest BCUT2D eigenvalue weighted by Crippen LogP contribution is 2.20. The van der Waals surface area contributed by atoms with Gasteiger partial charge in [0.05, 0.1) is 6.04 Å². The summed E-state index contributed by atoms with van der Waals surface area (Å²) in [6, 6.07) is 11.2. The lowest BCUT2D eigenvalue weighted by molar-refractivity contribution is -0.135. The van der Waals surface area contributed by atoms with Crippen LogP contribution in [0.25, 0.3) is 0 Å². The van der Waals surface area contributed by atoms with Crippen molar-refractivity contribution in [3.63, 3.8) is 0 Å². The molecule has 2 amide bonds. The molecule has 0 aromatic heterocycles. The van der Waals surface area contributed by atoms with Gasteiger partial charge < -0.3 is 15.0 Å². The first kappa shape index (κ1) is 21.8. The van der Waals surface area contributed by atoms with Crippen molar-refractivity contribution in [1.29, 1.82) is 0 Å². The molecule has 160 valence electrons. The van der Waals surface area contributed by atoms with Crippen molar-refractivity contribution in [2.45, 2.75) is 26.8 Å². The molecule has 0 spiro atoms.